The molecule has 2 aromatic rings. The van der Waals surface area contributed by atoms with Gasteiger partial charge in [-0.3, -0.25) is 4.79 Å². The van der Waals surface area contributed by atoms with Crippen LogP contribution in [0.1, 0.15) is 65.5 Å². The van der Waals surface area contributed by atoms with Crippen molar-refractivity contribution in [1.29, 1.82) is 0 Å². The van der Waals surface area contributed by atoms with E-state index in [0.29, 0.717) is 19.0 Å². The van der Waals surface area contributed by atoms with Crippen molar-refractivity contribution < 1.29 is 4.79 Å². The molecule has 1 amide bonds. The molecule has 0 saturated carbocycles. The maximum Gasteiger partial charge on any atom is 0.227 e. The van der Waals surface area contributed by atoms with E-state index in [0.717, 1.165) is 55.0 Å². The van der Waals surface area contributed by atoms with E-state index in [2.05, 4.69) is 28.5 Å². The molecule has 5 heteroatoms. The van der Waals surface area contributed by atoms with Gasteiger partial charge in [0.1, 0.15) is 5.82 Å². The van der Waals surface area contributed by atoms with Gasteiger partial charge in [-0.05, 0) is 61.8 Å². The average Bonchev–Trinajstić information content (AvgIpc) is 3.28. The molecule has 0 unspecified atom stereocenters. The van der Waals surface area contributed by atoms with Crippen LogP contribution in [0.15, 0.2) is 24.4 Å². The maximum absolute atomic E-state index is 12.9. The number of nitrogens with zero attached hydrogens (tertiary/aromatic N) is 3. The number of hydrogen-bond donors (Lipinski definition) is 1. The molecule has 0 spiro atoms. The summed E-state index contributed by atoms with van der Waals surface area (Å²) in [5, 5.41) is 3.47. The summed E-state index contributed by atoms with van der Waals surface area (Å²) in [5.41, 5.74) is 6.29. The molecule has 0 bridgehead atoms. The fraction of sp³-hybridized carbons (Fsp3) is 0.522. The molecule has 1 N–H and O–H groups in total. The van der Waals surface area contributed by atoms with Gasteiger partial charge in [-0.25, -0.2) is 9.97 Å². The van der Waals surface area contributed by atoms with Gasteiger partial charge < -0.3 is 10.2 Å². The Kier molecular flexibility index (Phi) is 4.85. The molecule has 1 aromatic carbocycles. The van der Waals surface area contributed by atoms with E-state index in [-0.39, 0.29) is 5.91 Å². The number of nitrogens with one attached hydrogen (secondary N) is 1. The summed E-state index contributed by atoms with van der Waals surface area (Å²) in [4.78, 5) is 24.3. The topological polar surface area (TPSA) is 58.1 Å². The number of aryl methyl sites for hydroxylation is 2. The highest BCUT2D eigenvalue weighted by atomic mass is 16.2. The molecule has 1 fully saturated rings. The molecule has 3 aliphatic rings. The first kappa shape index (κ1) is 17.8. The van der Waals surface area contributed by atoms with Gasteiger partial charge in [-0.1, -0.05) is 18.2 Å². The smallest absolute Gasteiger partial charge is 0.227 e. The molecule has 146 valence electrons. The Balaban J connectivity index is 1.26. The fourth-order valence-electron chi connectivity index (χ4n) is 4.80. The van der Waals surface area contributed by atoms with Gasteiger partial charge in [0.25, 0.3) is 0 Å². The second-order valence-corrected chi connectivity index (χ2v) is 8.40. The van der Waals surface area contributed by atoms with Crippen LogP contribution >= 0.6 is 0 Å². The van der Waals surface area contributed by atoms with E-state index in [4.69, 9.17) is 4.98 Å². The summed E-state index contributed by atoms with van der Waals surface area (Å²) < 4.78 is 0. The molecule has 1 atom stereocenters. The summed E-state index contributed by atoms with van der Waals surface area (Å²) in [5.74, 6) is 1.13. The highest BCUT2D eigenvalue weighted by molar-refractivity contribution is 5.79. The Hall–Kier alpha value is -2.27. The number of amides is 1. The van der Waals surface area contributed by atoms with Crippen LogP contribution in [0.2, 0.25) is 0 Å². The fourth-order valence-corrected chi connectivity index (χ4v) is 4.80. The van der Waals surface area contributed by atoms with Gasteiger partial charge in [0, 0.05) is 31.3 Å². The second-order valence-electron chi connectivity index (χ2n) is 8.40. The van der Waals surface area contributed by atoms with Crippen molar-refractivity contribution in [3.63, 3.8) is 0 Å². The van der Waals surface area contributed by atoms with Crippen molar-refractivity contribution in [1.82, 2.24) is 20.2 Å². The lowest BCUT2D eigenvalue weighted by Gasteiger charge is -2.29. The van der Waals surface area contributed by atoms with Gasteiger partial charge in [-0.15, -0.1) is 0 Å². The molecule has 5 nitrogen and oxygen atoms in total. The Morgan fingerprint density at radius 2 is 2.00 bits per heavy atom. The predicted molar refractivity (Wildman–Crippen MR) is 108 cm³/mol. The Labute approximate surface area is 166 Å². The van der Waals surface area contributed by atoms with Crippen LogP contribution in [0.25, 0.3) is 0 Å². The Morgan fingerprint density at radius 1 is 1.11 bits per heavy atom. The van der Waals surface area contributed by atoms with E-state index >= 15 is 0 Å². The first-order chi connectivity index (χ1) is 13.8. The predicted octanol–water partition coefficient (Wildman–Crippen LogP) is 2.91. The molecular formula is C23H28N4O. The Morgan fingerprint density at radius 3 is 2.86 bits per heavy atom. The first-order valence-electron chi connectivity index (χ1n) is 10.7. The molecule has 5 rings (SSSR count). The van der Waals surface area contributed by atoms with Gasteiger partial charge >= 0.3 is 0 Å². The molecule has 2 aliphatic heterocycles. The molecule has 3 heterocycles. The van der Waals surface area contributed by atoms with Crippen LogP contribution in [0.3, 0.4) is 0 Å². The highest BCUT2D eigenvalue weighted by Gasteiger charge is 2.25. The second kappa shape index (κ2) is 7.63. The van der Waals surface area contributed by atoms with Gasteiger partial charge in [0.2, 0.25) is 5.91 Å². The number of carbonyl (C=O) groups is 1. The van der Waals surface area contributed by atoms with E-state index in [9.17, 15) is 4.79 Å². The molecule has 1 aromatic heterocycles. The van der Waals surface area contributed by atoms with Crippen LogP contribution in [0, 0.1) is 0 Å². The molecule has 0 radical (unpaired) electrons. The summed E-state index contributed by atoms with van der Waals surface area (Å²) in [6.07, 6.45) is 10.5. The molecular weight excluding hydrogens is 348 g/mol. The number of benzene rings is 1. The lowest BCUT2D eigenvalue weighted by atomic mass is 9.90. The van der Waals surface area contributed by atoms with Crippen LogP contribution in [-0.2, 0) is 37.0 Å². The zero-order valence-corrected chi connectivity index (χ0v) is 16.4. The SMILES string of the molecule is O=C(Cc1ccc2c(c1)CCCC2)N1CCc2nc([C@@H]3CCCN3)ncc2C1. The number of aromatic nitrogens is 2. The lowest BCUT2D eigenvalue weighted by molar-refractivity contribution is -0.131. The van der Waals surface area contributed by atoms with Gasteiger partial charge in [-0.2, -0.15) is 0 Å². The van der Waals surface area contributed by atoms with Crippen LogP contribution in [0.4, 0.5) is 0 Å². The minimum absolute atomic E-state index is 0.211. The minimum atomic E-state index is 0.211. The number of carbonyl (C=O) groups excluding carboxylic acids is 1. The van der Waals surface area contributed by atoms with Crippen molar-refractivity contribution in [2.75, 3.05) is 13.1 Å². The molecule has 1 saturated heterocycles. The monoisotopic (exact) mass is 376 g/mol. The van der Waals surface area contributed by atoms with Crippen LogP contribution < -0.4 is 5.32 Å². The van der Waals surface area contributed by atoms with Gasteiger partial charge in [0.15, 0.2) is 0 Å². The van der Waals surface area contributed by atoms with Crippen molar-refractivity contribution in [3.8, 4) is 0 Å². The largest absolute Gasteiger partial charge is 0.338 e. The van der Waals surface area contributed by atoms with E-state index in [1.165, 1.54) is 36.8 Å². The summed E-state index contributed by atoms with van der Waals surface area (Å²) in [7, 11) is 0. The first-order valence-corrected chi connectivity index (χ1v) is 10.7. The third-order valence-corrected chi connectivity index (χ3v) is 6.45. The Bertz CT molecular complexity index is 888. The molecule has 1 aliphatic carbocycles. The summed E-state index contributed by atoms with van der Waals surface area (Å²) in [6, 6.07) is 6.93. The number of fused-ring (bicyclic) bond motifs is 2. The van der Waals surface area contributed by atoms with Crippen LogP contribution in [0.5, 0.6) is 0 Å². The van der Waals surface area contributed by atoms with Crippen molar-refractivity contribution in [2.24, 2.45) is 0 Å². The molecule has 28 heavy (non-hydrogen) atoms. The van der Waals surface area contributed by atoms with E-state index in [1.807, 2.05) is 11.1 Å². The minimum Gasteiger partial charge on any atom is -0.338 e. The lowest BCUT2D eigenvalue weighted by Crippen LogP contribution is -2.37. The third-order valence-electron chi connectivity index (χ3n) is 6.45. The normalized spacial score (nSPS) is 21.3. The van der Waals surface area contributed by atoms with E-state index in [1.54, 1.807) is 0 Å². The quantitative estimate of drug-likeness (QED) is 0.895. The summed E-state index contributed by atoms with van der Waals surface area (Å²) in [6.45, 7) is 2.44. The average molecular weight is 377 g/mol. The van der Waals surface area contributed by atoms with Crippen molar-refractivity contribution in [3.05, 3.63) is 58.2 Å². The van der Waals surface area contributed by atoms with Crippen molar-refractivity contribution >= 4 is 5.91 Å². The van der Waals surface area contributed by atoms with Gasteiger partial charge in [0.05, 0.1) is 18.2 Å². The maximum atomic E-state index is 12.9. The standard InChI is InChI=1S/C23H28N4O/c28-22(13-16-7-8-17-4-1-2-5-18(17)12-16)27-11-9-20-19(15-27)14-25-23(26-20)21-6-3-10-24-21/h7-8,12,14,21,24H,1-6,9-11,13,15H2/t21-/m0/s1. The third kappa shape index (κ3) is 3.55. The number of hydrogen-bond acceptors (Lipinski definition) is 4. The van der Waals surface area contributed by atoms with Crippen molar-refractivity contribution in [2.45, 2.75) is 64.0 Å². The highest BCUT2D eigenvalue weighted by Crippen LogP contribution is 2.25. The van der Waals surface area contributed by atoms with E-state index < -0.39 is 0 Å². The zero-order chi connectivity index (χ0) is 18.9. The zero-order valence-electron chi connectivity index (χ0n) is 16.4. The summed E-state index contributed by atoms with van der Waals surface area (Å²) >= 11 is 0. The number of rotatable bonds is 3. The van der Waals surface area contributed by atoms with Crippen LogP contribution in [-0.4, -0.2) is 33.9 Å².